The number of ketones is 1. The van der Waals surface area contributed by atoms with Gasteiger partial charge in [0.05, 0.1) is 0 Å². The van der Waals surface area contributed by atoms with E-state index in [9.17, 15) is 23.5 Å². The van der Waals surface area contributed by atoms with Crippen LogP contribution in [0.1, 0.15) is 34.0 Å². The lowest BCUT2D eigenvalue weighted by Crippen LogP contribution is -2.27. The van der Waals surface area contributed by atoms with Crippen LogP contribution in [0.4, 0.5) is 14.5 Å². The van der Waals surface area contributed by atoms with Gasteiger partial charge in [-0.2, -0.15) is 8.78 Å². The number of aliphatic hydroxyl groups excluding tert-OH is 1. The zero-order chi connectivity index (χ0) is 25.0. The van der Waals surface area contributed by atoms with Crippen LogP contribution in [0.5, 0.6) is 0 Å². The van der Waals surface area contributed by atoms with E-state index >= 15 is 0 Å². The van der Waals surface area contributed by atoms with Crippen molar-refractivity contribution >= 4 is 40.6 Å². The van der Waals surface area contributed by atoms with Gasteiger partial charge in [0.15, 0.2) is 0 Å². The van der Waals surface area contributed by atoms with Gasteiger partial charge in [0.25, 0.3) is 11.8 Å². The maximum Gasteiger partial charge on any atom is 0.298 e. The van der Waals surface area contributed by atoms with Crippen LogP contribution in [0.2, 0.25) is 10.0 Å². The van der Waals surface area contributed by atoms with Gasteiger partial charge in [-0.15, -0.1) is 0 Å². The highest BCUT2D eigenvalue weighted by Gasteiger charge is 2.37. The first-order valence-corrected chi connectivity index (χ1v) is 11.2. The fraction of sp³-hybridized carbons (Fsp3) is 0.231. The van der Waals surface area contributed by atoms with Crippen molar-refractivity contribution < 1.29 is 23.5 Å². The number of amides is 1. The molecule has 0 aromatic heterocycles. The number of nitrogens with zero attached hydrogens (tertiary/aromatic N) is 1. The van der Waals surface area contributed by atoms with Crippen molar-refractivity contribution in [2.24, 2.45) is 0 Å². The molecule has 1 amide bonds. The number of alkyl halides is 2. The summed E-state index contributed by atoms with van der Waals surface area (Å²) < 4.78 is 27.8. The first kappa shape index (κ1) is 25.8. The first-order valence-electron chi connectivity index (χ1n) is 10.5. The van der Waals surface area contributed by atoms with Crippen LogP contribution in [0, 0.1) is 0 Å². The standard InChI is InChI=1S/C26H23Cl2F2NO3/c1-16(32)26(29,30)20-9-5-18(6-10-20)12-24(33)11-17-3-7-19(8-4-17)25(34)31(2)23-14-21(27)13-22(28)15-23/h3-10,13-16,32H,11-12H2,1-2H3. The average Bonchev–Trinajstić information content (AvgIpc) is 2.78. The second kappa shape index (κ2) is 10.6. The zero-order valence-corrected chi connectivity index (χ0v) is 20.1. The van der Waals surface area contributed by atoms with E-state index in [1.165, 1.54) is 29.2 Å². The molecule has 1 atom stereocenters. The number of hydrogen-bond donors (Lipinski definition) is 1. The molecule has 4 nitrogen and oxygen atoms in total. The van der Waals surface area contributed by atoms with Gasteiger partial charge in [-0.3, -0.25) is 9.59 Å². The van der Waals surface area contributed by atoms with Gasteiger partial charge in [-0.1, -0.05) is 59.6 Å². The predicted molar refractivity (Wildman–Crippen MR) is 130 cm³/mol. The predicted octanol–water partition coefficient (Wildman–Crippen LogP) is 6.10. The summed E-state index contributed by atoms with van der Waals surface area (Å²) in [7, 11) is 1.62. The third-order valence-electron chi connectivity index (χ3n) is 5.41. The second-order valence-electron chi connectivity index (χ2n) is 8.08. The van der Waals surface area contributed by atoms with Crippen molar-refractivity contribution in [1.29, 1.82) is 0 Å². The molecule has 0 aliphatic heterocycles. The zero-order valence-electron chi connectivity index (χ0n) is 18.6. The van der Waals surface area contributed by atoms with Crippen LogP contribution in [0.15, 0.2) is 66.7 Å². The van der Waals surface area contributed by atoms with Crippen molar-refractivity contribution in [1.82, 2.24) is 0 Å². The first-order chi connectivity index (χ1) is 16.0. The number of hydrogen-bond acceptors (Lipinski definition) is 3. The minimum absolute atomic E-state index is 0.0828. The molecule has 178 valence electrons. The number of carbonyl (C=O) groups excluding carboxylic acids is 2. The number of Topliss-reactive ketones (excluding diaryl/α,β-unsaturated/α-hetero) is 1. The molecule has 0 aliphatic carbocycles. The number of aliphatic hydroxyl groups is 1. The maximum atomic E-state index is 13.9. The highest BCUT2D eigenvalue weighted by molar-refractivity contribution is 6.35. The molecule has 0 heterocycles. The van der Waals surface area contributed by atoms with E-state index in [-0.39, 0.29) is 30.1 Å². The number of anilines is 1. The van der Waals surface area contributed by atoms with Crippen molar-refractivity contribution in [3.05, 3.63) is 99.0 Å². The highest BCUT2D eigenvalue weighted by atomic mass is 35.5. The quantitative estimate of drug-likeness (QED) is 0.402. The second-order valence-corrected chi connectivity index (χ2v) is 8.95. The minimum atomic E-state index is -3.35. The molecule has 0 bridgehead atoms. The fourth-order valence-electron chi connectivity index (χ4n) is 3.41. The van der Waals surface area contributed by atoms with Crippen molar-refractivity contribution in [3.8, 4) is 0 Å². The van der Waals surface area contributed by atoms with Gasteiger partial charge >= 0.3 is 0 Å². The lowest BCUT2D eigenvalue weighted by Gasteiger charge is -2.19. The van der Waals surface area contributed by atoms with E-state index in [2.05, 4.69) is 0 Å². The molecule has 3 aromatic carbocycles. The van der Waals surface area contributed by atoms with Crippen molar-refractivity contribution in [2.45, 2.75) is 31.8 Å². The monoisotopic (exact) mass is 505 g/mol. The molecule has 34 heavy (non-hydrogen) atoms. The van der Waals surface area contributed by atoms with Crippen molar-refractivity contribution in [2.75, 3.05) is 11.9 Å². The number of carbonyl (C=O) groups is 2. The van der Waals surface area contributed by atoms with Gasteiger partial charge in [-0.05, 0) is 48.4 Å². The van der Waals surface area contributed by atoms with E-state index in [0.29, 0.717) is 26.9 Å². The third kappa shape index (κ3) is 6.20. The molecule has 0 fully saturated rings. The molecule has 3 aromatic rings. The minimum Gasteiger partial charge on any atom is -0.387 e. The summed E-state index contributed by atoms with van der Waals surface area (Å²) in [5.41, 5.74) is 2.02. The molecular formula is C26H23Cl2F2NO3. The van der Waals surface area contributed by atoms with Gasteiger partial charge in [-0.25, -0.2) is 0 Å². The van der Waals surface area contributed by atoms with Crippen LogP contribution < -0.4 is 4.90 Å². The summed E-state index contributed by atoms with van der Waals surface area (Å²) in [4.78, 5) is 26.7. The Morgan fingerprint density at radius 3 is 1.85 bits per heavy atom. The van der Waals surface area contributed by atoms with Gasteiger partial charge in [0.1, 0.15) is 11.9 Å². The Labute approximate surface area is 206 Å². The summed E-state index contributed by atoms with van der Waals surface area (Å²) in [5, 5.41) is 10.1. The van der Waals surface area contributed by atoms with Crippen LogP contribution in [-0.2, 0) is 23.6 Å². The molecule has 0 aliphatic rings. The number of halogens is 4. The Balaban J connectivity index is 1.62. The molecule has 0 saturated heterocycles. The van der Waals surface area contributed by atoms with Crippen LogP contribution in [0.25, 0.3) is 0 Å². The summed E-state index contributed by atoms with van der Waals surface area (Å²) in [5.74, 6) is -3.71. The number of rotatable bonds is 8. The van der Waals surface area contributed by atoms with Crippen molar-refractivity contribution in [3.63, 3.8) is 0 Å². The van der Waals surface area contributed by atoms with E-state index in [1.54, 1.807) is 49.5 Å². The van der Waals surface area contributed by atoms with Gasteiger partial charge in [0, 0.05) is 46.7 Å². The van der Waals surface area contributed by atoms with E-state index in [0.717, 1.165) is 12.5 Å². The molecular weight excluding hydrogens is 483 g/mol. The normalized spacial score (nSPS) is 12.3. The Morgan fingerprint density at radius 1 is 0.912 bits per heavy atom. The van der Waals surface area contributed by atoms with Crippen LogP contribution in [-0.4, -0.2) is 29.9 Å². The lowest BCUT2D eigenvalue weighted by atomic mass is 9.98. The van der Waals surface area contributed by atoms with Crippen LogP contribution in [0.3, 0.4) is 0 Å². The molecule has 1 unspecified atom stereocenters. The maximum absolute atomic E-state index is 13.9. The summed E-state index contributed by atoms with van der Waals surface area (Å²) >= 11 is 12.0. The molecule has 8 heteroatoms. The molecule has 0 spiro atoms. The Kier molecular flexibility index (Phi) is 8.08. The summed E-state index contributed by atoms with van der Waals surface area (Å²) in [6.45, 7) is 1.03. The lowest BCUT2D eigenvalue weighted by molar-refractivity contribution is -0.117. The van der Waals surface area contributed by atoms with E-state index in [1.807, 2.05) is 0 Å². The van der Waals surface area contributed by atoms with Gasteiger partial charge < -0.3 is 10.0 Å². The molecule has 3 rings (SSSR count). The van der Waals surface area contributed by atoms with Gasteiger partial charge in [0.2, 0.25) is 0 Å². The van der Waals surface area contributed by atoms with E-state index in [4.69, 9.17) is 23.2 Å². The highest BCUT2D eigenvalue weighted by Crippen LogP contribution is 2.31. The third-order valence-corrected chi connectivity index (χ3v) is 5.84. The molecule has 0 radical (unpaired) electrons. The molecule has 1 N–H and O–H groups in total. The summed E-state index contributed by atoms with van der Waals surface area (Å²) in [6.07, 6.45) is -1.59. The van der Waals surface area contributed by atoms with Crippen LogP contribution >= 0.6 is 23.2 Å². The average molecular weight is 506 g/mol. The Morgan fingerprint density at radius 2 is 1.38 bits per heavy atom. The topological polar surface area (TPSA) is 57.6 Å². The van der Waals surface area contributed by atoms with E-state index < -0.39 is 12.0 Å². The molecule has 0 saturated carbocycles. The number of benzene rings is 3. The SMILES string of the molecule is CC(O)C(F)(F)c1ccc(CC(=O)Cc2ccc(C(=O)N(C)c3cc(Cl)cc(Cl)c3)cc2)cc1. The smallest absolute Gasteiger partial charge is 0.298 e. The summed E-state index contributed by atoms with van der Waals surface area (Å²) in [6, 6.07) is 16.9. The Hall–Kier alpha value is -2.80. The largest absolute Gasteiger partial charge is 0.387 e. The Bertz CT molecular complexity index is 1160. The fourth-order valence-corrected chi connectivity index (χ4v) is 3.93.